The van der Waals surface area contributed by atoms with E-state index in [2.05, 4.69) is 10.1 Å². The molecule has 5 nitrogen and oxygen atoms in total. The molecule has 2 rings (SSSR count). The Labute approximate surface area is 114 Å². The van der Waals surface area contributed by atoms with Gasteiger partial charge in [-0.15, -0.1) is 0 Å². The van der Waals surface area contributed by atoms with Gasteiger partial charge in [0.15, 0.2) is 0 Å². The van der Waals surface area contributed by atoms with Gasteiger partial charge in [-0.1, -0.05) is 0 Å². The second-order valence-corrected chi connectivity index (χ2v) is 4.39. The zero-order valence-electron chi connectivity index (χ0n) is 11.1. The molecule has 1 amide bonds. The molecule has 1 unspecified atom stereocenters. The maximum absolute atomic E-state index is 13.2. The third-order valence-electron chi connectivity index (χ3n) is 2.90. The number of fused-ring (bicyclic) bond motifs is 1. The number of ether oxygens (including phenoxy) is 1. The minimum atomic E-state index is -0.734. The second kappa shape index (κ2) is 5.73. The predicted octanol–water partition coefficient (Wildman–Crippen LogP) is 1.79. The van der Waals surface area contributed by atoms with Gasteiger partial charge in [-0.3, -0.25) is 4.79 Å². The molecule has 0 aliphatic rings. The molecule has 1 aromatic carbocycles. The van der Waals surface area contributed by atoms with Crippen LogP contribution in [0, 0.1) is 5.82 Å². The van der Waals surface area contributed by atoms with E-state index in [4.69, 9.17) is 4.42 Å². The van der Waals surface area contributed by atoms with Crippen LogP contribution in [0.3, 0.4) is 0 Å². The van der Waals surface area contributed by atoms with Crippen LogP contribution in [-0.4, -0.2) is 25.0 Å². The fraction of sp³-hybridized carbons (Fsp3) is 0.286. The summed E-state index contributed by atoms with van der Waals surface area (Å²) < 4.78 is 22.9. The average molecular weight is 279 g/mol. The van der Waals surface area contributed by atoms with Crippen molar-refractivity contribution in [2.75, 3.05) is 7.11 Å². The normalized spacial score (nSPS) is 12.2. The summed E-state index contributed by atoms with van der Waals surface area (Å²) in [6.07, 6.45) is 1.41. The van der Waals surface area contributed by atoms with Crippen molar-refractivity contribution in [1.82, 2.24) is 5.32 Å². The monoisotopic (exact) mass is 279 g/mol. The van der Waals surface area contributed by atoms with E-state index in [-0.39, 0.29) is 12.3 Å². The van der Waals surface area contributed by atoms with Gasteiger partial charge < -0.3 is 14.5 Å². The number of nitrogens with one attached hydrogen (secondary N) is 1. The number of halogens is 1. The summed E-state index contributed by atoms with van der Waals surface area (Å²) in [6, 6.07) is 3.37. The van der Waals surface area contributed by atoms with E-state index < -0.39 is 17.8 Å². The fourth-order valence-electron chi connectivity index (χ4n) is 1.89. The number of hydrogen-bond acceptors (Lipinski definition) is 4. The minimum Gasteiger partial charge on any atom is -0.467 e. The van der Waals surface area contributed by atoms with Gasteiger partial charge in [0.2, 0.25) is 5.91 Å². The summed E-state index contributed by atoms with van der Waals surface area (Å²) in [5, 5.41) is 3.05. The number of methoxy groups -OCH3 is 1. The quantitative estimate of drug-likeness (QED) is 0.866. The SMILES string of the molecule is COC(=O)C(C)NC(=O)Cc1coc2ccc(F)cc12. The first-order chi connectivity index (χ1) is 9.51. The van der Waals surface area contributed by atoms with Gasteiger partial charge in [-0.05, 0) is 25.1 Å². The molecule has 0 aliphatic heterocycles. The first kappa shape index (κ1) is 14.0. The van der Waals surface area contributed by atoms with E-state index in [1.54, 1.807) is 0 Å². The van der Waals surface area contributed by atoms with Crippen LogP contribution in [0.4, 0.5) is 4.39 Å². The lowest BCUT2D eigenvalue weighted by atomic mass is 10.1. The largest absolute Gasteiger partial charge is 0.467 e. The number of furan rings is 1. The summed E-state index contributed by atoms with van der Waals surface area (Å²) in [5.41, 5.74) is 1.07. The van der Waals surface area contributed by atoms with Crippen molar-refractivity contribution in [2.24, 2.45) is 0 Å². The Morgan fingerprint density at radius 2 is 2.20 bits per heavy atom. The molecule has 106 valence electrons. The standard InChI is InChI=1S/C14H14FNO4/c1-8(14(18)19-2)16-13(17)5-9-7-20-12-4-3-10(15)6-11(9)12/h3-4,6-8H,5H2,1-2H3,(H,16,17). The fourth-order valence-corrected chi connectivity index (χ4v) is 1.89. The number of carbonyl (C=O) groups is 2. The highest BCUT2D eigenvalue weighted by Crippen LogP contribution is 2.22. The molecule has 2 aromatic rings. The minimum absolute atomic E-state index is 0.00219. The summed E-state index contributed by atoms with van der Waals surface area (Å²) >= 11 is 0. The molecular weight excluding hydrogens is 265 g/mol. The summed E-state index contributed by atoms with van der Waals surface area (Å²) in [4.78, 5) is 23.0. The molecule has 0 fully saturated rings. The zero-order valence-corrected chi connectivity index (χ0v) is 11.1. The van der Waals surface area contributed by atoms with Crippen molar-refractivity contribution in [3.05, 3.63) is 35.8 Å². The number of carbonyl (C=O) groups excluding carboxylic acids is 2. The van der Waals surface area contributed by atoms with Crippen LogP contribution in [0.15, 0.2) is 28.9 Å². The van der Waals surface area contributed by atoms with Crippen molar-refractivity contribution in [3.8, 4) is 0 Å². The van der Waals surface area contributed by atoms with Gasteiger partial charge >= 0.3 is 5.97 Å². The molecule has 20 heavy (non-hydrogen) atoms. The topological polar surface area (TPSA) is 68.5 Å². The molecular formula is C14H14FNO4. The number of rotatable bonds is 4. The van der Waals surface area contributed by atoms with E-state index in [1.165, 1.54) is 38.5 Å². The molecule has 1 heterocycles. The lowest BCUT2D eigenvalue weighted by Crippen LogP contribution is -2.39. The van der Waals surface area contributed by atoms with Crippen molar-refractivity contribution in [2.45, 2.75) is 19.4 Å². The zero-order chi connectivity index (χ0) is 14.7. The predicted molar refractivity (Wildman–Crippen MR) is 69.5 cm³/mol. The molecule has 0 saturated heterocycles. The second-order valence-electron chi connectivity index (χ2n) is 4.39. The Kier molecular flexibility index (Phi) is 4.02. The molecule has 6 heteroatoms. The molecule has 0 radical (unpaired) electrons. The van der Waals surface area contributed by atoms with E-state index in [9.17, 15) is 14.0 Å². The van der Waals surface area contributed by atoms with Crippen LogP contribution < -0.4 is 5.32 Å². The molecule has 1 N–H and O–H groups in total. The van der Waals surface area contributed by atoms with Gasteiger partial charge in [0, 0.05) is 10.9 Å². The average Bonchev–Trinajstić information content (AvgIpc) is 2.80. The molecule has 0 saturated carbocycles. The van der Waals surface area contributed by atoms with Crippen molar-refractivity contribution in [3.63, 3.8) is 0 Å². The summed E-state index contributed by atoms with van der Waals surface area (Å²) in [5.74, 6) is -1.29. The van der Waals surface area contributed by atoms with Crippen LogP contribution in [0.2, 0.25) is 0 Å². The van der Waals surface area contributed by atoms with Crippen molar-refractivity contribution >= 4 is 22.8 Å². The number of esters is 1. The van der Waals surface area contributed by atoms with Crippen LogP contribution in [0.25, 0.3) is 11.0 Å². The maximum atomic E-state index is 13.2. The number of benzene rings is 1. The number of hydrogen-bond donors (Lipinski definition) is 1. The van der Waals surface area contributed by atoms with Crippen LogP contribution in [0.5, 0.6) is 0 Å². The highest BCUT2D eigenvalue weighted by Gasteiger charge is 2.17. The highest BCUT2D eigenvalue weighted by molar-refractivity contribution is 5.89. The van der Waals surface area contributed by atoms with Crippen LogP contribution in [-0.2, 0) is 20.7 Å². The van der Waals surface area contributed by atoms with Gasteiger partial charge in [0.1, 0.15) is 17.4 Å². The summed E-state index contributed by atoms with van der Waals surface area (Å²) in [7, 11) is 1.25. The van der Waals surface area contributed by atoms with Gasteiger partial charge in [-0.25, -0.2) is 9.18 Å². The number of amides is 1. The maximum Gasteiger partial charge on any atom is 0.328 e. The smallest absolute Gasteiger partial charge is 0.328 e. The van der Waals surface area contributed by atoms with E-state index >= 15 is 0 Å². The lowest BCUT2D eigenvalue weighted by Gasteiger charge is -2.10. The van der Waals surface area contributed by atoms with E-state index in [0.29, 0.717) is 16.5 Å². The molecule has 1 atom stereocenters. The van der Waals surface area contributed by atoms with Gasteiger partial charge in [0.05, 0.1) is 19.8 Å². The highest BCUT2D eigenvalue weighted by atomic mass is 19.1. The van der Waals surface area contributed by atoms with Crippen LogP contribution >= 0.6 is 0 Å². The molecule has 0 spiro atoms. The Bertz CT molecular complexity index is 650. The van der Waals surface area contributed by atoms with Crippen molar-refractivity contribution in [1.29, 1.82) is 0 Å². The first-order valence-corrected chi connectivity index (χ1v) is 6.04. The molecule has 1 aromatic heterocycles. The summed E-state index contributed by atoms with van der Waals surface area (Å²) in [6.45, 7) is 1.52. The third kappa shape index (κ3) is 2.96. The third-order valence-corrected chi connectivity index (χ3v) is 2.90. The van der Waals surface area contributed by atoms with Gasteiger partial charge in [-0.2, -0.15) is 0 Å². The van der Waals surface area contributed by atoms with Gasteiger partial charge in [0.25, 0.3) is 0 Å². The van der Waals surface area contributed by atoms with Crippen LogP contribution in [0.1, 0.15) is 12.5 Å². The Morgan fingerprint density at radius 1 is 1.45 bits per heavy atom. The Balaban J connectivity index is 2.10. The lowest BCUT2D eigenvalue weighted by molar-refractivity contribution is -0.144. The van der Waals surface area contributed by atoms with E-state index in [0.717, 1.165) is 0 Å². The van der Waals surface area contributed by atoms with Crippen molar-refractivity contribution < 1.29 is 23.1 Å². The Hall–Kier alpha value is -2.37. The Morgan fingerprint density at radius 3 is 2.90 bits per heavy atom. The first-order valence-electron chi connectivity index (χ1n) is 6.04. The molecule has 0 aliphatic carbocycles. The van der Waals surface area contributed by atoms with E-state index in [1.807, 2.05) is 0 Å². The molecule has 0 bridgehead atoms.